The molecular weight excluding hydrogens is 240 g/mol. The van der Waals surface area contributed by atoms with Gasteiger partial charge in [-0.1, -0.05) is 30.7 Å². The van der Waals surface area contributed by atoms with E-state index in [1.165, 1.54) is 35.1 Å². The summed E-state index contributed by atoms with van der Waals surface area (Å²) in [5.74, 6) is -0.221. The maximum Gasteiger partial charge on any atom is 0.325 e. The van der Waals surface area contributed by atoms with Crippen LogP contribution >= 0.6 is 0 Å². The molecule has 0 unspecified atom stereocenters. The number of carbonyl (C=O) groups is 1. The molecule has 1 aromatic carbocycles. The van der Waals surface area contributed by atoms with E-state index in [1.807, 2.05) is 12.3 Å². The molecule has 0 bridgehead atoms. The molecule has 0 amide bonds. The molecule has 1 aliphatic rings. The molecule has 1 heterocycles. The largest absolute Gasteiger partial charge is 0.480 e. The van der Waals surface area contributed by atoms with E-state index in [4.69, 9.17) is 5.11 Å². The molecule has 0 radical (unpaired) electrons. The molecule has 2 aromatic rings. The molecule has 4 nitrogen and oxygen atoms in total. The minimum Gasteiger partial charge on any atom is -0.480 e. The number of nitrogens with zero attached hydrogens (tertiary/aromatic N) is 2. The normalized spacial score (nSPS) is 15.2. The van der Waals surface area contributed by atoms with Gasteiger partial charge in [0.1, 0.15) is 6.54 Å². The summed E-state index contributed by atoms with van der Waals surface area (Å²) in [6.07, 6.45) is 7.36. The Hall–Kier alpha value is -2.10. The van der Waals surface area contributed by atoms with Gasteiger partial charge in [-0.15, -0.1) is 0 Å². The third kappa shape index (κ3) is 2.38. The number of hydrogen-bond donors (Lipinski definition) is 1. The minimum atomic E-state index is -0.873. The number of carboxylic acid groups (broad SMARTS) is 1. The zero-order chi connectivity index (χ0) is 13.2. The predicted octanol–water partition coefficient (Wildman–Crippen LogP) is 2.90. The van der Waals surface area contributed by atoms with E-state index < -0.39 is 5.97 Å². The van der Waals surface area contributed by atoms with Gasteiger partial charge in [0.15, 0.2) is 0 Å². The second-order valence-corrected chi connectivity index (χ2v) is 5.04. The lowest BCUT2D eigenvalue weighted by molar-refractivity contribution is -0.137. The highest BCUT2D eigenvalue weighted by Crippen LogP contribution is 2.40. The van der Waals surface area contributed by atoms with Crippen molar-refractivity contribution in [2.45, 2.75) is 31.7 Å². The van der Waals surface area contributed by atoms with Crippen LogP contribution in [0, 0.1) is 0 Å². The fraction of sp³-hybridized carbons (Fsp3) is 0.333. The van der Waals surface area contributed by atoms with Crippen LogP contribution in [0.1, 0.15) is 30.7 Å². The third-order valence-corrected chi connectivity index (χ3v) is 3.75. The molecule has 1 aliphatic carbocycles. The Morgan fingerprint density at radius 2 is 2.16 bits per heavy atom. The Labute approximate surface area is 111 Å². The number of carboxylic acids is 1. The quantitative estimate of drug-likeness (QED) is 0.915. The highest BCUT2D eigenvalue weighted by atomic mass is 16.4. The Bertz CT molecular complexity index is 600. The van der Waals surface area contributed by atoms with Crippen molar-refractivity contribution in [3.8, 4) is 11.1 Å². The van der Waals surface area contributed by atoms with E-state index in [0.717, 1.165) is 5.56 Å². The lowest BCUT2D eigenvalue weighted by Gasteiger charge is -2.27. The first kappa shape index (κ1) is 12.0. The van der Waals surface area contributed by atoms with E-state index >= 15 is 0 Å². The smallest absolute Gasteiger partial charge is 0.325 e. The highest BCUT2D eigenvalue weighted by Gasteiger charge is 2.22. The molecule has 4 heteroatoms. The first-order chi connectivity index (χ1) is 9.24. The maximum atomic E-state index is 10.7. The van der Waals surface area contributed by atoms with E-state index in [2.05, 4.69) is 23.3 Å². The zero-order valence-electron chi connectivity index (χ0n) is 10.6. The molecular formula is C15H16N2O2. The summed E-state index contributed by atoms with van der Waals surface area (Å²) in [5.41, 5.74) is 3.55. The number of benzene rings is 1. The lowest BCUT2D eigenvalue weighted by atomic mass is 9.77. The van der Waals surface area contributed by atoms with E-state index in [-0.39, 0.29) is 6.54 Å². The number of aromatic nitrogens is 2. The van der Waals surface area contributed by atoms with Gasteiger partial charge in [-0.2, -0.15) is 5.10 Å². The molecule has 1 fully saturated rings. The average molecular weight is 256 g/mol. The van der Waals surface area contributed by atoms with Gasteiger partial charge >= 0.3 is 5.97 Å². The van der Waals surface area contributed by atoms with E-state index in [1.54, 1.807) is 6.20 Å². The summed E-state index contributed by atoms with van der Waals surface area (Å²) in [6.45, 7) is -0.0917. The van der Waals surface area contributed by atoms with Crippen molar-refractivity contribution in [3.05, 3.63) is 42.2 Å². The van der Waals surface area contributed by atoms with E-state index in [9.17, 15) is 4.79 Å². The molecule has 19 heavy (non-hydrogen) atoms. The van der Waals surface area contributed by atoms with Gasteiger partial charge in [0.05, 0.1) is 6.20 Å². The summed E-state index contributed by atoms with van der Waals surface area (Å²) < 4.78 is 1.47. The monoisotopic (exact) mass is 256 g/mol. The highest BCUT2D eigenvalue weighted by molar-refractivity contribution is 5.69. The van der Waals surface area contributed by atoms with Crippen molar-refractivity contribution in [3.63, 3.8) is 0 Å². The maximum absolute atomic E-state index is 10.7. The second kappa shape index (κ2) is 4.88. The SMILES string of the molecule is O=C(O)Cn1cc(-c2ccccc2C2CCC2)cn1. The minimum absolute atomic E-state index is 0.0917. The van der Waals surface area contributed by atoms with Crippen molar-refractivity contribution in [1.29, 1.82) is 0 Å². The number of aliphatic carboxylic acids is 1. The Morgan fingerprint density at radius 1 is 1.37 bits per heavy atom. The summed E-state index contributed by atoms with van der Waals surface area (Å²) >= 11 is 0. The van der Waals surface area contributed by atoms with Crippen molar-refractivity contribution in [1.82, 2.24) is 9.78 Å². The molecule has 1 saturated carbocycles. The van der Waals surface area contributed by atoms with Gasteiger partial charge in [-0.3, -0.25) is 9.48 Å². The first-order valence-corrected chi connectivity index (χ1v) is 6.57. The van der Waals surface area contributed by atoms with Crippen molar-refractivity contribution in [2.24, 2.45) is 0 Å². The Morgan fingerprint density at radius 3 is 2.84 bits per heavy atom. The van der Waals surface area contributed by atoms with Crippen LogP contribution < -0.4 is 0 Å². The average Bonchev–Trinajstić information content (AvgIpc) is 2.75. The second-order valence-electron chi connectivity index (χ2n) is 5.04. The Kier molecular flexibility index (Phi) is 3.07. The molecule has 3 rings (SSSR count). The van der Waals surface area contributed by atoms with Crippen LogP contribution in [0.5, 0.6) is 0 Å². The van der Waals surface area contributed by atoms with Crippen molar-refractivity contribution in [2.75, 3.05) is 0 Å². The van der Waals surface area contributed by atoms with Gasteiger partial charge < -0.3 is 5.11 Å². The van der Waals surface area contributed by atoms with Gasteiger partial charge in [0.25, 0.3) is 0 Å². The van der Waals surface area contributed by atoms with Crippen molar-refractivity contribution < 1.29 is 9.90 Å². The van der Waals surface area contributed by atoms with Crippen LogP contribution in [0.25, 0.3) is 11.1 Å². The van der Waals surface area contributed by atoms with E-state index in [0.29, 0.717) is 5.92 Å². The fourth-order valence-corrected chi connectivity index (χ4v) is 2.56. The summed E-state index contributed by atoms with van der Waals surface area (Å²) in [4.78, 5) is 10.7. The molecule has 1 N–H and O–H groups in total. The predicted molar refractivity (Wildman–Crippen MR) is 71.9 cm³/mol. The third-order valence-electron chi connectivity index (χ3n) is 3.75. The van der Waals surface area contributed by atoms with Crippen LogP contribution in [0.15, 0.2) is 36.7 Å². The van der Waals surface area contributed by atoms with Crippen molar-refractivity contribution >= 4 is 5.97 Å². The van der Waals surface area contributed by atoms with Gasteiger partial charge in [0.2, 0.25) is 0 Å². The fourth-order valence-electron chi connectivity index (χ4n) is 2.56. The first-order valence-electron chi connectivity index (χ1n) is 6.57. The molecule has 0 atom stereocenters. The van der Waals surface area contributed by atoms with Gasteiger partial charge in [-0.25, -0.2) is 0 Å². The number of hydrogen-bond acceptors (Lipinski definition) is 2. The molecule has 0 aliphatic heterocycles. The van der Waals surface area contributed by atoms with Crippen LogP contribution in [0.2, 0.25) is 0 Å². The van der Waals surface area contributed by atoms with Crippen LogP contribution in [-0.4, -0.2) is 20.9 Å². The number of rotatable bonds is 4. The standard InChI is InChI=1S/C15H16N2O2/c18-15(19)10-17-9-12(8-16-17)14-7-2-1-6-13(14)11-4-3-5-11/h1-2,6-9,11H,3-5,10H2,(H,18,19). The topological polar surface area (TPSA) is 55.1 Å². The molecule has 98 valence electrons. The summed E-state index contributed by atoms with van der Waals surface area (Å²) in [5, 5.41) is 12.9. The summed E-state index contributed by atoms with van der Waals surface area (Å²) in [6, 6.07) is 8.36. The van der Waals surface area contributed by atoms with Crippen LogP contribution in [0.3, 0.4) is 0 Å². The van der Waals surface area contributed by atoms with Gasteiger partial charge in [0, 0.05) is 11.8 Å². The van der Waals surface area contributed by atoms with Gasteiger partial charge in [-0.05, 0) is 29.9 Å². The molecule has 0 saturated heterocycles. The summed E-state index contributed by atoms with van der Waals surface area (Å²) in [7, 11) is 0. The lowest BCUT2D eigenvalue weighted by Crippen LogP contribution is -2.10. The zero-order valence-corrected chi connectivity index (χ0v) is 10.6. The van der Waals surface area contributed by atoms with Crippen LogP contribution in [-0.2, 0) is 11.3 Å². The Balaban J connectivity index is 1.92. The molecule has 0 spiro atoms. The van der Waals surface area contributed by atoms with Crippen LogP contribution in [0.4, 0.5) is 0 Å². The molecule has 1 aromatic heterocycles.